The summed E-state index contributed by atoms with van der Waals surface area (Å²) in [4.78, 5) is 0.367. The first-order valence-corrected chi connectivity index (χ1v) is 8.60. The SMILES string of the molecule is C#CCN(CC1CC1)S(=O)(=O)c1cc(CNC)ccc1C. The lowest BCUT2D eigenvalue weighted by molar-refractivity contribution is 0.429. The van der Waals surface area contributed by atoms with Crippen LogP contribution in [0.4, 0.5) is 0 Å². The zero-order valence-electron chi connectivity index (χ0n) is 12.6. The highest BCUT2D eigenvalue weighted by atomic mass is 32.2. The first-order valence-electron chi connectivity index (χ1n) is 7.16. The molecule has 0 heterocycles. The van der Waals surface area contributed by atoms with E-state index in [4.69, 9.17) is 6.42 Å². The summed E-state index contributed by atoms with van der Waals surface area (Å²) in [5, 5.41) is 3.04. The van der Waals surface area contributed by atoms with Crippen molar-refractivity contribution in [3.8, 4) is 12.3 Å². The topological polar surface area (TPSA) is 49.4 Å². The van der Waals surface area contributed by atoms with E-state index in [1.807, 2.05) is 26.1 Å². The Morgan fingerprint density at radius 1 is 1.43 bits per heavy atom. The molecule has 1 aromatic carbocycles. The third kappa shape index (κ3) is 3.85. The molecule has 21 heavy (non-hydrogen) atoms. The standard InChI is InChI=1S/C16H22N2O2S/c1-4-9-18(12-14-7-8-14)21(19,20)16-10-15(11-17-3)6-5-13(16)2/h1,5-6,10,14,17H,7-9,11-12H2,2-3H3. The highest BCUT2D eigenvalue weighted by Crippen LogP contribution is 2.32. The van der Waals surface area contributed by atoms with Crippen molar-refractivity contribution in [2.24, 2.45) is 5.92 Å². The number of nitrogens with one attached hydrogen (secondary N) is 1. The van der Waals surface area contributed by atoms with Gasteiger partial charge in [-0.25, -0.2) is 8.42 Å². The van der Waals surface area contributed by atoms with E-state index < -0.39 is 10.0 Å². The van der Waals surface area contributed by atoms with E-state index in [0.717, 1.165) is 24.0 Å². The summed E-state index contributed by atoms with van der Waals surface area (Å²) in [6.07, 6.45) is 7.54. The Labute approximate surface area is 127 Å². The van der Waals surface area contributed by atoms with Gasteiger partial charge in [0.25, 0.3) is 0 Å². The Balaban J connectivity index is 2.35. The summed E-state index contributed by atoms with van der Waals surface area (Å²) in [6, 6.07) is 5.54. The molecule has 2 rings (SSSR count). The van der Waals surface area contributed by atoms with E-state index in [0.29, 0.717) is 23.9 Å². The molecule has 0 spiro atoms. The van der Waals surface area contributed by atoms with Gasteiger partial charge in [-0.3, -0.25) is 0 Å². The lowest BCUT2D eigenvalue weighted by atomic mass is 10.1. The van der Waals surface area contributed by atoms with Gasteiger partial charge in [-0.15, -0.1) is 6.42 Å². The largest absolute Gasteiger partial charge is 0.316 e. The van der Waals surface area contributed by atoms with Gasteiger partial charge in [0, 0.05) is 13.1 Å². The quantitative estimate of drug-likeness (QED) is 0.781. The van der Waals surface area contributed by atoms with E-state index in [9.17, 15) is 8.42 Å². The van der Waals surface area contributed by atoms with Crippen molar-refractivity contribution in [3.63, 3.8) is 0 Å². The number of aryl methyl sites for hydroxylation is 1. The Morgan fingerprint density at radius 3 is 2.71 bits per heavy atom. The number of hydrogen-bond acceptors (Lipinski definition) is 3. The van der Waals surface area contributed by atoms with Crippen LogP contribution in [0.3, 0.4) is 0 Å². The molecule has 0 unspecified atom stereocenters. The van der Waals surface area contributed by atoms with Crippen LogP contribution in [0, 0.1) is 25.2 Å². The van der Waals surface area contributed by atoms with Gasteiger partial charge in [0.2, 0.25) is 10.0 Å². The number of benzene rings is 1. The normalized spacial score (nSPS) is 15.1. The molecule has 0 aliphatic heterocycles. The van der Waals surface area contributed by atoms with Crippen LogP contribution in [0.15, 0.2) is 23.1 Å². The van der Waals surface area contributed by atoms with Crippen LogP contribution < -0.4 is 5.32 Å². The van der Waals surface area contributed by atoms with Crippen LogP contribution in [-0.4, -0.2) is 32.9 Å². The van der Waals surface area contributed by atoms with Crippen molar-refractivity contribution in [1.82, 2.24) is 9.62 Å². The van der Waals surface area contributed by atoms with Crippen molar-refractivity contribution in [2.45, 2.75) is 31.2 Å². The lowest BCUT2D eigenvalue weighted by Crippen LogP contribution is -2.33. The van der Waals surface area contributed by atoms with E-state index in [1.54, 1.807) is 6.07 Å². The second kappa shape index (κ2) is 6.61. The molecular formula is C16H22N2O2S. The first-order chi connectivity index (χ1) is 9.98. The summed E-state index contributed by atoms with van der Waals surface area (Å²) in [7, 11) is -1.69. The first kappa shape index (κ1) is 16.0. The summed E-state index contributed by atoms with van der Waals surface area (Å²) in [5.74, 6) is 2.94. The zero-order chi connectivity index (χ0) is 15.5. The maximum Gasteiger partial charge on any atom is 0.244 e. The van der Waals surface area contributed by atoms with Gasteiger partial charge in [-0.1, -0.05) is 18.1 Å². The van der Waals surface area contributed by atoms with E-state index >= 15 is 0 Å². The smallest absolute Gasteiger partial charge is 0.244 e. The van der Waals surface area contributed by atoms with Crippen molar-refractivity contribution < 1.29 is 8.42 Å². The second-order valence-electron chi connectivity index (χ2n) is 5.58. The molecule has 114 valence electrons. The third-order valence-electron chi connectivity index (χ3n) is 3.68. The van der Waals surface area contributed by atoms with E-state index in [1.165, 1.54) is 4.31 Å². The molecule has 1 fully saturated rings. The molecule has 4 nitrogen and oxygen atoms in total. The zero-order valence-corrected chi connectivity index (χ0v) is 13.4. The predicted octanol–water partition coefficient (Wildman–Crippen LogP) is 1.75. The molecule has 1 aromatic rings. The molecular weight excluding hydrogens is 284 g/mol. The number of hydrogen-bond donors (Lipinski definition) is 1. The van der Waals surface area contributed by atoms with Gasteiger partial charge < -0.3 is 5.32 Å². The molecule has 1 saturated carbocycles. The summed E-state index contributed by atoms with van der Waals surface area (Å²) in [6.45, 7) is 3.12. The van der Waals surface area contributed by atoms with Gasteiger partial charge in [-0.05, 0) is 49.9 Å². The summed E-state index contributed by atoms with van der Waals surface area (Å²) in [5.41, 5.74) is 1.71. The number of nitrogens with zero attached hydrogens (tertiary/aromatic N) is 1. The summed E-state index contributed by atoms with van der Waals surface area (Å²) < 4.78 is 27.2. The predicted molar refractivity (Wildman–Crippen MR) is 84.3 cm³/mol. The maximum atomic E-state index is 12.9. The number of sulfonamides is 1. The van der Waals surface area contributed by atoms with Gasteiger partial charge >= 0.3 is 0 Å². The van der Waals surface area contributed by atoms with Crippen LogP contribution in [0.2, 0.25) is 0 Å². The van der Waals surface area contributed by atoms with Gasteiger partial charge in [-0.2, -0.15) is 4.31 Å². The Kier molecular flexibility index (Phi) is 5.04. The Bertz CT molecular complexity index is 643. The molecule has 5 heteroatoms. The fourth-order valence-electron chi connectivity index (χ4n) is 2.31. The summed E-state index contributed by atoms with van der Waals surface area (Å²) >= 11 is 0. The molecule has 0 atom stereocenters. The van der Waals surface area contributed by atoms with Crippen LogP contribution in [0.25, 0.3) is 0 Å². The van der Waals surface area contributed by atoms with Gasteiger partial charge in [0.05, 0.1) is 11.4 Å². The minimum atomic E-state index is -3.53. The maximum absolute atomic E-state index is 12.9. The second-order valence-corrected chi connectivity index (χ2v) is 7.48. The molecule has 0 aromatic heterocycles. The number of rotatable bonds is 7. The van der Waals surface area contributed by atoms with Crippen LogP contribution in [-0.2, 0) is 16.6 Å². The highest BCUT2D eigenvalue weighted by molar-refractivity contribution is 7.89. The number of terminal acetylenes is 1. The minimum absolute atomic E-state index is 0.133. The molecule has 0 amide bonds. The van der Waals surface area contributed by atoms with Crippen molar-refractivity contribution >= 4 is 10.0 Å². The average molecular weight is 306 g/mol. The van der Waals surface area contributed by atoms with Gasteiger partial charge in [0.15, 0.2) is 0 Å². The monoisotopic (exact) mass is 306 g/mol. The Morgan fingerprint density at radius 2 is 2.14 bits per heavy atom. The molecule has 0 saturated heterocycles. The minimum Gasteiger partial charge on any atom is -0.316 e. The molecule has 0 radical (unpaired) electrons. The lowest BCUT2D eigenvalue weighted by Gasteiger charge is -2.21. The van der Waals surface area contributed by atoms with Crippen molar-refractivity contribution in [1.29, 1.82) is 0 Å². The third-order valence-corrected chi connectivity index (χ3v) is 5.63. The fraction of sp³-hybridized carbons (Fsp3) is 0.500. The van der Waals surface area contributed by atoms with Crippen molar-refractivity contribution in [2.75, 3.05) is 20.1 Å². The molecule has 1 aliphatic carbocycles. The van der Waals surface area contributed by atoms with Crippen LogP contribution in [0.5, 0.6) is 0 Å². The van der Waals surface area contributed by atoms with Crippen molar-refractivity contribution in [3.05, 3.63) is 29.3 Å². The molecule has 1 aliphatic rings. The van der Waals surface area contributed by atoms with E-state index in [-0.39, 0.29) is 6.54 Å². The Hall–Kier alpha value is -1.35. The fourth-order valence-corrected chi connectivity index (χ4v) is 4.02. The van der Waals surface area contributed by atoms with Gasteiger partial charge in [0.1, 0.15) is 0 Å². The highest BCUT2D eigenvalue weighted by Gasteiger charge is 2.32. The molecule has 1 N–H and O–H groups in total. The average Bonchev–Trinajstić information content (AvgIpc) is 3.24. The van der Waals surface area contributed by atoms with Crippen LogP contribution in [0.1, 0.15) is 24.0 Å². The molecule has 0 bridgehead atoms. The van der Waals surface area contributed by atoms with E-state index in [2.05, 4.69) is 11.2 Å². The van der Waals surface area contributed by atoms with Crippen LogP contribution >= 0.6 is 0 Å².